The number of halogens is 1. The maximum atomic E-state index is 13.4. The smallest absolute Gasteiger partial charge is 0.257 e. The monoisotopic (exact) mass is 459 g/mol. The summed E-state index contributed by atoms with van der Waals surface area (Å²) in [6, 6.07) is 25.8. The molecule has 3 N–H and O–H groups in total. The number of amides is 2. The van der Waals surface area contributed by atoms with Gasteiger partial charge in [-0.2, -0.15) is 0 Å². The summed E-state index contributed by atoms with van der Waals surface area (Å²) in [6.07, 6.45) is 0. The van der Waals surface area contributed by atoms with Crippen LogP contribution in [0.1, 0.15) is 26.8 Å². The van der Waals surface area contributed by atoms with E-state index in [2.05, 4.69) is 16.0 Å². The number of para-hydroxylation sites is 2. The quantitative estimate of drug-likeness (QED) is 0.328. The van der Waals surface area contributed by atoms with Crippen LogP contribution < -0.4 is 16.0 Å². The average Bonchev–Trinajstić information content (AvgIpc) is 3.36. The van der Waals surface area contributed by atoms with Gasteiger partial charge in [0.25, 0.3) is 5.91 Å². The summed E-state index contributed by atoms with van der Waals surface area (Å²) >= 11 is 1.55. The first kappa shape index (κ1) is 22.4. The van der Waals surface area contributed by atoms with Gasteiger partial charge in [0.1, 0.15) is 5.82 Å². The zero-order valence-corrected chi connectivity index (χ0v) is 18.4. The van der Waals surface area contributed by atoms with Crippen molar-refractivity contribution >= 4 is 34.5 Å². The van der Waals surface area contributed by atoms with E-state index in [9.17, 15) is 14.0 Å². The van der Waals surface area contributed by atoms with E-state index in [0.717, 1.165) is 10.4 Å². The summed E-state index contributed by atoms with van der Waals surface area (Å²) in [4.78, 5) is 26.5. The SMILES string of the molecule is O=C(CNC(c1ccc(F)cc1)c1cccs1)Nc1ccccc1C(=O)Nc1ccccc1. The van der Waals surface area contributed by atoms with Crippen LogP contribution in [0.2, 0.25) is 0 Å². The third-order valence-electron chi connectivity index (χ3n) is 4.98. The van der Waals surface area contributed by atoms with Crippen molar-refractivity contribution in [2.45, 2.75) is 6.04 Å². The zero-order chi connectivity index (χ0) is 23.0. The highest BCUT2D eigenvalue weighted by Gasteiger charge is 2.18. The Morgan fingerprint density at radius 1 is 0.818 bits per heavy atom. The van der Waals surface area contributed by atoms with E-state index in [1.165, 1.54) is 12.1 Å². The number of carbonyl (C=O) groups is 2. The molecule has 0 fully saturated rings. The maximum absolute atomic E-state index is 13.4. The van der Waals surface area contributed by atoms with Crippen LogP contribution in [0.25, 0.3) is 0 Å². The van der Waals surface area contributed by atoms with E-state index in [0.29, 0.717) is 16.9 Å². The van der Waals surface area contributed by atoms with Gasteiger partial charge in [-0.25, -0.2) is 4.39 Å². The van der Waals surface area contributed by atoms with Gasteiger partial charge in [-0.05, 0) is 53.4 Å². The average molecular weight is 460 g/mol. The van der Waals surface area contributed by atoms with Crippen LogP contribution in [0.3, 0.4) is 0 Å². The molecular weight excluding hydrogens is 437 g/mol. The Morgan fingerprint density at radius 2 is 1.55 bits per heavy atom. The number of benzene rings is 3. The van der Waals surface area contributed by atoms with Gasteiger partial charge in [0.15, 0.2) is 0 Å². The molecule has 0 saturated heterocycles. The Labute approximate surface area is 195 Å². The third kappa shape index (κ3) is 5.91. The van der Waals surface area contributed by atoms with Crippen molar-refractivity contribution in [3.8, 4) is 0 Å². The van der Waals surface area contributed by atoms with Crippen LogP contribution in [0.15, 0.2) is 96.4 Å². The van der Waals surface area contributed by atoms with E-state index in [-0.39, 0.29) is 30.2 Å². The first-order chi connectivity index (χ1) is 16.1. The van der Waals surface area contributed by atoms with Gasteiger partial charge in [0.05, 0.1) is 23.8 Å². The van der Waals surface area contributed by atoms with Crippen molar-refractivity contribution in [1.82, 2.24) is 5.32 Å². The molecule has 1 aromatic heterocycles. The predicted molar refractivity (Wildman–Crippen MR) is 130 cm³/mol. The molecule has 0 saturated carbocycles. The second-order valence-electron chi connectivity index (χ2n) is 7.29. The highest BCUT2D eigenvalue weighted by atomic mass is 32.1. The zero-order valence-electron chi connectivity index (χ0n) is 17.6. The highest BCUT2D eigenvalue weighted by Crippen LogP contribution is 2.26. The molecule has 7 heteroatoms. The molecule has 0 spiro atoms. The fraction of sp³-hybridized carbons (Fsp3) is 0.0769. The van der Waals surface area contributed by atoms with E-state index in [1.807, 2.05) is 35.7 Å². The normalized spacial score (nSPS) is 11.5. The minimum Gasteiger partial charge on any atom is -0.324 e. The molecule has 0 radical (unpaired) electrons. The number of rotatable bonds is 8. The van der Waals surface area contributed by atoms with Crippen LogP contribution >= 0.6 is 11.3 Å². The van der Waals surface area contributed by atoms with Gasteiger partial charge >= 0.3 is 0 Å². The Kier molecular flexibility index (Phi) is 7.24. The molecule has 1 heterocycles. The standard InChI is InChI=1S/C26H22FN3O2S/c27-19-14-12-18(13-15-19)25(23-11-6-16-33-23)28-17-24(31)30-22-10-5-4-9-21(22)26(32)29-20-7-2-1-3-8-20/h1-16,25,28H,17H2,(H,29,32)(H,30,31). The number of carbonyl (C=O) groups excluding carboxylic acids is 2. The second-order valence-corrected chi connectivity index (χ2v) is 8.27. The molecule has 4 rings (SSSR count). The van der Waals surface area contributed by atoms with Gasteiger partial charge in [-0.15, -0.1) is 11.3 Å². The fourth-order valence-electron chi connectivity index (χ4n) is 3.39. The highest BCUT2D eigenvalue weighted by molar-refractivity contribution is 7.10. The number of nitrogens with one attached hydrogen (secondary N) is 3. The summed E-state index contributed by atoms with van der Waals surface area (Å²) < 4.78 is 13.4. The molecule has 1 unspecified atom stereocenters. The first-order valence-electron chi connectivity index (χ1n) is 10.4. The molecule has 5 nitrogen and oxygen atoms in total. The van der Waals surface area contributed by atoms with E-state index < -0.39 is 0 Å². The Morgan fingerprint density at radius 3 is 2.27 bits per heavy atom. The van der Waals surface area contributed by atoms with Crippen molar-refractivity contribution in [3.05, 3.63) is 118 Å². The number of thiophene rings is 1. The summed E-state index contributed by atoms with van der Waals surface area (Å²) in [5.41, 5.74) is 2.31. The van der Waals surface area contributed by atoms with Crippen LogP contribution in [-0.4, -0.2) is 18.4 Å². The van der Waals surface area contributed by atoms with Crippen LogP contribution in [0, 0.1) is 5.82 Å². The van der Waals surface area contributed by atoms with Crippen LogP contribution in [0.5, 0.6) is 0 Å². The fourth-order valence-corrected chi connectivity index (χ4v) is 4.22. The molecule has 166 valence electrons. The van der Waals surface area contributed by atoms with Gasteiger partial charge in [0, 0.05) is 10.6 Å². The molecule has 3 aromatic carbocycles. The summed E-state index contributed by atoms with van der Waals surface area (Å²) in [5, 5.41) is 10.8. The Balaban J connectivity index is 1.44. The molecule has 2 amide bonds. The lowest BCUT2D eigenvalue weighted by Gasteiger charge is -2.18. The minimum absolute atomic E-state index is 0.00851. The lowest BCUT2D eigenvalue weighted by molar-refractivity contribution is -0.115. The van der Waals surface area contributed by atoms with Crippen molar-refractivity contribution in [2.75, 3.05) is 17.2 Å². The molecular formula is C26H22FN3O2S. The molecule has 1 atom stereocenters. The second kappa shape index (κ2) is 10.7. The van der Waals surface area contributed by atoms with E-state index >= 15 is 0 Å². The van der Waals surface area contributed by atoms with Crippen molar-refractivity contribution < 1.29 is 14.0 Å². The Bertz CT molecular complexity index is 1210. The lowest BCUT2D eigenvalue weighted by atomic mass is 10.1. The largest absolute Gasteiger partial charge is 0.324 e. The molecule has 0 bridgehead atoms. The van der Waals surface area contributed by atoms with Crippen molar-refractivity contribution in [3.63, 3.8) is 0 Å². The lowest BCUT2D eigenvalue weighted by Crippen LogP contribution is -2.32. The Hall–Kier alpha value is -3.81. The maximum Gasteiger partial charge on any atom is 0.257 e. The number of anilines is 2. The molecule has 4 aromatic rings. The van der Waals surface area contributed by atoms with Gasteiger partial charge in [-0.1, -0.05) is 48.5 Å². The molecule has 33 heavy (non-hydrogen) atoms. The van der Waals surface area contributed by atoms with Crippen molar-refractivity contribution in [1.29, 1.82) is 0 Å². The minimum atomic E-state index is -0.313. The van der Waals surface area contributed by atoms with Crippen molar-refractivity contribution in [2.24, 2.45) is 0 Å². The summed E-state index contributed by atoms with van der Waals surface area (Å²) in [5.74, 6) is -0.918. The number of hydrogen-bond donors (Lipinski definition) is 3. The first-order valence-corrected chi connectivity index (χ1v) is 11.3. The van der Waals surface area contributed by atoms with Gasteiger partial charge in [-0.3, -0.25) is 14.9 Å². The molecule has 0 aliphatic rings. The summed E-state index contributed by atoms with van der Waals surface area (Å²) in [6.45, 7) is 0.00851. The van der Waals surface area contributed by atoms with E-state index in [1.54, 1.807) is 59.9 Å². The van der Waals surface area contributed by atoms with E-state index in [4.69, 9.17) is 0 Å². The van der Waals surface area contributed by atoms with Crippen LogP contribution in [-0.2, 0) is 4.79 Å². The summed E-state index contributed by atoms with van der Waals surface area (Å²) in [7, 11) is 0. The predicted octanol–water partition coefficient (Wildman–Crippen LogP) is 5.46. The van der Waals surface area contributed by atoms with Crippen LogP contribution in [0.4, 0.5) is 15.8 Å². The topological polar surface area (TPSA) is 70.2 Å². The third-order valence-corrected chi connectivity index (χ3v) is 5.91. The molecule has 0 aliphatic carbocycles. The molecule has 0 aliphatic heterocycles. The van der Waals surface area contributed by atoms with Gasteiger partial charge < -0.3 is 10.6 Å². The number of hydrogen-bond acceptors (Lipinski definition) is 4. The van der Waals surface area contributed by atoms with Gasteiger partial charge in [0.2, 0.25) is 5.91 Å².